The van der Waals surface area contributed by atoms with Crippen molar-refractivity contribution in [1.29, 1.82) is 0 Å². The van der Waals surface area contributed by atoms with Crippen LogP contribution < -0.4 is 0 Å². The first-order valence-electron chi connectivity index (χ1n) is 12.9. The molecule has 0 amide bonds. The highest BCUT2D eigenvalue weighted by Crippen LogP contribution is 2.61. The lowest BCUT2D eigenvalue weighted by Gasteiger charge is -2.61. The van der Waals surface area contributed by atoms with E-state index >= 15 is 0 Å². The van der Waals surface area contributed by atoms with E-state index in [2.05, 4.69) is 15.0 Å². The van der Waals surface area contributed by atoms with Gasteiger partial charge in [0.1, 0.15) is 0 Å². The van der Waals surface area contributed by atoms with Gasteiger partial charge < -0.3 is 14.4 Å². The molecular formula is C29H31N5O5. The molecule has 39 heavy (non-hydrogen) atoms. The summed E-state index contributed by atoms with van der Waals surface area (Å²) in [6.45, 7) is 2.75. The van der Waals surface area contributed by atoms with Gasteiger partial charge in [-0.1, -0.05) is 25.1 Å². The molecule has 0 aromatic carbocycles. The molecule has 5 heterocycles. The second-order valence-electron chi connectivity index (χ2n) is 9.87. The number of hydrogen-bond donors (Lipinski definition) is 0. The summed E-state index contributed by atoms with van der Waals surface area (Å²) in [6, 6.07) is 14.5. The number of piperidine rings is 2. The van der Waals surface area contributed by atoms with Crippen molar-refractivity contribution in [3.63, 3.8) is 0 Å². The normalized spacial score (nSPS) is 27.1. The topological polar surface area (TPSA) is 115 Å². The van der Waals surface area contributed by atoms with Crippen LogP contribution >= 0.6 is 0 Å². The quantitative estimate of drug-likeness (QED) is 0.334. The lowest BCUT2D eigenvalue weighted by molar-refractivity contribution is -0.207. The van der Waals surface area contributed by atoms with E-state index in [1.165, 1.54) is 14.2 Å². The molecule has 0 N–H and O–H groups in total. The maximum Gasteiger partial charge on any atom is 0.322 e. The summed E-state index contributed by atoms with van der Waals surface area (Å²) in [7, 11) is 2.52. The SMILES string of the molecule is CCN1CC2(C(=O)OC)C(=O)C(C(=O)OC)(C1)C(c1ccccn1)N(Cc1ccccn1)C2c1ccccn1. The van der Waals surface area contributed by atoms with Crippen LogP contribution in [0.15, 0.2) is 73.2 Å². The average molecular weight is 530 g/mol. The molecule has 4 unspecified atom stereocenters. The van der Waals surface area contributed by atoms with Crippen LogP contribution in [0.3, 0.4) is 0 Å². The van der Waals surface area contributed by atoms with Gasteiger partial charge in [-0.2, -0.15) is 0 Å². The van der Waals surface area contributed by atoms with Crippen molar-refractivity contribution in [2.75, 3.05) is 33.9 Å². The molecule has 10 heteroatoms. The Morgan fingerprint density at radius 1 is 0.821 bits per heavy atom. The molecule has 2 aliphatic heterocycles. The van der Waals surface area contributed by atoms with E-state index in [9.17, 15) is 14.4 Å². The predicted octanol–water partition coefficient (Wildman–Crippen LogP) is 2.39. The zero-order chi connectivity index (χ0) is 27.6. The Morgan fingerprint density at radius 2 is 1.31 bits per heavy atom. The van der Waals surface area contributed by atoms with Gasteiger partial charge in [-0.15, -0.1) is 0 Å². The first kappa shape index (κ1) is 26.6. The van der Waals surface area contributed by atoms with Crippen molar-refractivity contribution < 1.29 is 23.9 Å². The number of ketones is 1. The van der Waals surface area contributed by atoms with E-state index in [0.29, 0.717) is 23.6 Å². The monoisotopic (exact) mass is 529 g/mol. The number of aromatic nitrogens is 3. The number of esters is 2. The molecule has 0 spiro atoms. The van der Waals surface area contributed by atoms with Crippen molar-refractivity contribution in [2.24, 2.45) is 10.8 Å². The molecule has 10 nitrogen and oxygen atoms in total. The van der Waals surface area contributed by atoms with Gasteiger partial charge in [0.25, 0.3) is 0 Å². The highest BCUT2D eigenvalue weighted by atomic mass is 16.5. The number of hydrogen-bond acceptors (Lipinski definition) is 10. The summed E-state index contributed by atoms with van der Waals surface area (Å²) in [6.07, 6.45) is 4.94. The minimum Gasteiger partial charge on any atom is -0.468 e. The van der Waals surface area contributed by atoms with E-state index in [4.69, 9.17) is 9.47 Å². The number of ether oxygens (including phenoxy) is 2. The maximum atomic E-state index is 15.0. The number of likely N-dealkylation sites (tertiary alicyclic amines) is 2. The molecule has 3 aromatic rings. The number of Topliss-reactive ketones (excluding diaryl/α,β-unsaturated/α-hetero) is 1. The molecule has 4 atom stereocenters. The first-order valence-corrected chi connectivity index (χ1v) is 12.9. The lowest BCUT2D eigenvalue weighted by Crippen LogP contribution is -2.75. The average Bonchev–Trinajstić information content (AvgIpc) is 2.98. The van der Waals surface area contributed by atoms with Crippen LogP contribution in [-0.2, 0) is 30.4 Å². The maximum absolute atomic E-state index is 15.0. The molecule has 5 rings (SSSR count). The Morgan fingerprint density at radius 3 is 1.69 bits per heavy atom. The van der Waals surface area contributed by atoms with Gasteiger partial charge in [0.15, 0.2) is 16.6 Å². The molecule has 0 saturated carbocycles. The summed E-state index contributed by atoms with van der Waals surface area (Å²) < 4.78 is 10.7. The molecule has 2 aliphatic rings. The van der Waals surface area contributed by atoms with Crippen LogP contribution in [0.4, 0.5) is 0 Å². The third kappa shape index (κ3) is 4.11. The summed E-state index contributed by atoms with van der Waals surface area (Å²) >= 11 is 0. The first-order chi connectivity index (χ1) is 18.9. The fourth-order valence-corrected chi connectivity index (χ4v) is 6.35. The minimum absolute atomic E-state index is 0.0582. The summed E-state index contributed by atoms with van der Waals surface area (Å²) in [5.41, 5.74) is -1.84. The van der Waals surface area contributed by atoms with Gasteiger partial charge in [-0.05, 0) is 42.9 Å². The fraction of sp³-hybridized carbons (Fsp3) is 0.379. The predicted molar refractivity (Wildman–Crippen MR) is 140 cm³/mol. The number of fused-ring (bicyclic) bond motifs is 2. The van der Waals surface area contributed by atoms with Crippen LogP contribution in [-0.4, -0.2) is 76.3 Å². The summed E-state index contributed by atoms with van der Waals surface area (Å²) in [5.74, 6) is -1.98. The number of carbonyl (C=O) groups is 3. The van der Waals surface area contributed by atoms with Crippen LogP contribution in [0.1, 0.15) is 36.1 Å². The van der Waals surface area contributed by atoms with E-state index in [1.54, 1.807) is 42.9 Å². The van der Waals surface area contributed by atoms with Crippen LogP contribution in [0, 0.1) is 10.8 Å². The van der Waals surface area contributed by atoms with Gasteiger partial charge in [0.2, 0.25) is 0 Å². The van der Waals surface area contributed by atoms with E-state index < -0.39 is 40.6 Å². The van der Waals surface area contributed by atoms with Crippen LogP contribution in [0.2, 0.25) is 0 Å². The van der Waals surface area contributed by atoms with Crippen LogP contribution in [0.5, 0.6) is 0 Å². The van der Waals surface area contributed by atoms with Gasteiger partial charge >= 0.3 is 11.9 Å². The highest BCUT2D eigenvalue weighted by molar-refractivity contribution is 6.17. The Bertz CT molecular complexity index is 1260. The van der Waals surface area contributed by atoms with E-state index in [0.717, 1.165) is 0 Å². The molecule has 2 fully saturated rings. The highest BCUT2D eigenvalue weighted by Gasteiger charge is 2.75. The van der Waals surface area contributed by atoms with Crippen LogP contribution in [0.25, 0.3) is 0 Å². The Kier molecular flexibility index (Phi) is 7.24. The molecule has 2 saturated heterocycles. The van der Waals surface area contributed by atoms with Crippen molar-refractivity contribution in [3.8, 4) is 0 Å². The van der Waals surface area contributed by atoms with Crippen molar-refractivity contribution in [2.45, 2.75) is 25.6 Å². The molecule has 0 radical (unpaired) electrons. The van der Waals surface area contributed by atoms with Gasteiger partial charge in [0, 0.05) is 38.2 Å². The zero-order valence-corrected chi connectivity index (χ0v) is 22.2. The van der Waals surface area contributed by atoms with Crippen molar-refractivity contribution in [3.05, 3.63) is 90.3 Å². The summed E-state index contributed by atoms with van der Waals surface area (Å²) in [4.78, 5) is 60.5. The second-order valence-corrected chi connectivity index (χ2v) is 9.87. The Labute approximate surface area is 227 Å². The zero-order valence-electron chi connectivity index (χ0n) is 22.2. The molecular weight excluding hydrogens is 498 g/mol. The van der Waals surface area contributed by atoms with E-state index in [1.807, 2.05) is 47.1 Å². The Balaban J connectivity index is 1.89. The number of carbonyl (C=O) groups excluding carboxylic acids is 3. The number of methoxy groups -OCH3 is 2. The largest absolute Gasteiger partial charge is 0.468 e. The summed E-state index contributed by atoms with van der Waals surface area (Å²) in [5, 5.41) is 0. The Hall–Kier alpha value is -4.02. The number of nitrogens with zero attached hydrogens (tertiary/aromatic N) is 5. The molecule has 0 aliphatic carbocycles. The molecule has 202 valence electrons. The second kappa shape index (κ2) is 10.6. The fourth-order valence-electron chi connectivity index (χ4n) is 6.35. The van der Waals surface area contributed by atoms with Crippen molar-refractivity contribution >= 4 is 17.7 Å². The van der Waals surface area contributed by atoms with Gasteiger partial charge in [0.05, 0.1) is 43.4 Å². The minimum atomic E-state index is -1.77. The number of pyridine rings is 3. The third-order valence-electron chi connectivity index (χ3n) is 7.91. The molecule has 3 aromatic heterocycles. The molecule has 2 bridgehead atoms. The van der Waals surface area contributed by atoms with Gasteiger partial charge in [-0.3, -0.25) is 34.2 Å². The van der Waals surface area contributed by atoms with Gasteiger partial charge in [-0.25, -0.2) is 0 Å². The third-order valence-corrected chi connectivity index (χ3v) is 7.91. The number of rotatable bonds is 7. The van der Waals surface area contributed by atoms with E-state index in [-0.39, 0.29) is 19.6 Å². The van der Waals surface area contributed by atoms with Crippen molar-refractivity contribution in [1.82, 2.24) is 24.8 Å². The standard InChI is InChI=1S/C29H31N5O5/c1-4-33-18-28(26(36)38-2)23(21-12-6-9-15-31-21)34(17-20-11-5-8-14-30-20)24(22-13-7-10-16-32-22)29(19-33,25(28)35)27(37)39-3/h5-16,23-24H,4,17-19H2,1-3H3. The smallest absolute Gasteiger partial charge is 0.322 e. The lowest BCUT2D eigenvalue weighted by atomic mass is 9.54.